The number of anilines is 2. The number of carbonyl (C=O) groups excluding carboxylic acids is 1. The number of hydrogen-bond acceptors (Lipinski definition) is 4. The predicted octanol–water partition coefficient (Wildman–Crippen LogP) is 2.22. The number of amides is 1. The molecule has 0 spiro atoms. The molecule has 5 nitrogen and oxygen atoms in total. The van der Waals surface area contributed by atoms with Crippen LogP contribution in [0.5, 0.6) is 0 Å². The monoisotopic (exact) mass is 334 g/mol. The first-order valence-corrected chi connectivity index (χ1v) is 7.21. The maximum Gasteiger partial charge on any atom is 0.244 e. The summed E-state index contributed by atoms with van der Waals surface area (Å²) in [6.45, 7) is 0.767. The number of halogens is 1. The molecule has 1 saturated heterocycles. The minimum absolute atomic E-state index is 0.101. The number of fused-ring (bicyclic) bond motifs is 1. The Kier molecular flexibility index (Phi) is 3.25. The molecule has 6 heteroatoms. The topological polar surface area (TPSA) is 71.2 Å². The van der Waals surface area contributed by atoms with Crippen molar-refractivity contribution in [2.24, 2.45) is 0 Å². The van der Waals surface area contributed by atoms with Gasteiger partial charge in [0, 0.05) is 23.5 Å². The lowest BCUT2D eigenvalue weighted by Crippen LogP contribution is -2.31. The van der Waals surface area contributed by atoms with Crippen molar-refractivity contribution in [1.82, 2.24) is 9.88 Å². The van der Waals surface area contributed by atoms with Crippen LogP contribution < -0.4 is 11.1 Å². The molecule has 1 unspecified atom stereocenters. The number of aromatic nitrogens is 1. The number of rotatable bonds is 2. The van der Waals surface area contributed by atoms with Crippen LogP contribution in [0.4, 0.5) is 11.4 Å². The second kappa shape index (κ2) is 4.94. The van der Waals surface area contributed by atoms with Crippen LogP contribution in [0.25, 0.3) is 10.9 Å². The number of likely N-dealkylation sites (tertiary alicyclic amines) is 1. The van der Waals surface area contributed by atoms with Crippen LogP contribution >= 0.6 is 15.9 Å². The number of nitrogen functional groups attached to an aromatic ring is 1. The van der Waals surface area contributed by atoms with Gasteiger partial charge in [0.05, 0.1) is 23.1 Å². The zero-order chi connectivity index (χ0) is 14.3. The first kappa shape index (κ1) is 13.2. The van der Waals surface area contributed by atoms with E-state index in [0.29, 0.717) is 5.69 Å². The van der Waals surface area contributed by atoms with E-state index in [9.17, 15) is 4.79 Å². The Morgan fingerprint density at radius 1 is 1.50 bits per heavy atom. The molecular weight excluding hydrogens is 320 g/mol. The minimum atomic E-state index is -0.216. The normalized spacial score (nSPS) is 18.8. The van der Waals surface area contributed by atoms with Gasteiger partial charge in [-0.15, -0.1) is 0 Å². The molecule has 0 aliphatic carbocycles. The Labute approximate surface area is 125 Å². The Bertz CT molecular complexity index is 683. The Morgan fingerprint density at radius 3 is 3.00 bits per heavy atom. The van der Waals surface area contributed by atoms with Crippen molar-refractivity contribution in [3.63, 3.8) is 0 Å². The summed E-state index contributed by atoms with van der Waals surface area (Å²) in [5, 5.41) is 4.20. The van der Waals surface area contributed by atoms with Gasteiger partial charge in [-0.3, -0.25) is 9.78 Å². The van der Waals surface area contributed by atoms with Crippen LogP contribution in [0, 0.1) is 0 Å². The number of nitrogens with one attached hydrogen (secondary N) is 1. The molecule has 0 radical (unpaired) electrons. The smallest absolute Gasteiger partial charge is 0.244 e. The van der Waals surface area contributed by atoms with Crippen molar-refractivity contribution < 1.29 is 4.79 Å². The van der Waals surface area contributed by atoms with Crippen LogP contribution in [0.1, 0.15) is 6.42 Å². The Hall–Kier alpha value is -1.82. The van der Waals surface area contributed by atoms with Crippen LogP contribution in [0.2, 0.25) is 0 Å². The van der Waals surface area contributed by atoms with Gasteiger partial charge in [0.25, 0.3) is 0 Å². The van der Waals surface area contributed by atoms with Crippen molar-refractivity contribution in [3.8, 4) is 0 Å². The number of nitrogens with two attached hydrogens (primary N) is 1. The van der Waals surface area contributed by atoms with Crippen LogP contribution in [0.3, 0.4) is 0 Å². The Balaban J connectivity index is 2.04. The van der Waals surface area contributed by atoms with E-state index in [1.54, 1.807) is 11.1 Å². The Morgan fingerprint density at radius 2 is 2.30 bits per heavy atom. The van der Waals surface area contributed by atoms with Crippen molar-refractivity contribution in [3.05, 3.63) is 28.9 Å². The van der Waals surface area contributed by atoms with Crippen LogP contribution in [0.15, 0.2) is 28.9 Å². The standard InChI is InChI=1S/C14H15BrN4O/c1-19-5-4-12(14(19)20)18-13-9-6-8(15)2-3-11(9)17-7-10(13)16/h2-3,6-7,12H,4-5,16H2,1H3,(H,17,18). The minimum Gasteiger partial charge on any atom is -0.396 e. The van der Waals surface area contributed by atoms with Gasteiger partial charge in [-0.25, -0.2) is 0 Å². The fourth-order valence-corrected chi connectivity index (χ4v) is 2.83. The largest absolute Gasteiger partial charge is 0.396 e. The lowest BCUT2D eigenvalue weighted by atomic mass is 10.1. The summed E-state index contributed by atoms with van der Waals surface area (Å²) < 4.78 is 0.954. The molecular formula is C14H15BrN4O. The zero-order valence-electron chi connectivity index (χ0n) is 11.1. The van der Waals surface area contributed by atoms with Gasteiger partial charge in [-0.1, -0.05) is 15.9 Å². The second-order valence-electron chi connectivity index (χ2n) is 5.00. The summed E-state index contributed by atoms with van der Waals surface area (Å²) >= 11 is 3.45. The quantitative estimate of drug-likeness (QED) is 0.883. The number of pyridine rings is 1. The first-order chi connectivity index (χ1) is 9.56. The van der Waals surface area contributed by atoms with Gasteiger partial charge in [-0.05, 0) is 24.6 Å². The summed E-state index contributed by atoms with van der Waals surface area (Å²) in [6.07, 6.45) is 2.41. The molecule has 3 N–H and O–H groups in total. The molecule has 20 heavy (non-hydrogen) atoms. The van der Waals surface area contributed by atoms with Crippen LogP contribution in [-0.2, 0) is 4.79 Å². The first-order valence-electron chi connectivity index (χ1n) is 6.41. The van der Waals surface area contributed by atoms with Gasteiger partial charge >= 0.3 is 0 Å². The third-order valence-corrected chi connectivity index (χ3v) is 4.10. The molecule has 2 heterocycles. The van der Waals surface area contributed by atoms with E-state index in [1.807, 2.05) is 25.2 Å². The molecule has 0 bridgehead atoms. The third-order valence-electron chi connectivity index (χ3n) is 3.61. The van der Waals surface area contributed by atoms with E-state index in [0.717, 1.165) is 34.0 Å². The van der Waals surface area contributed by atoms with Crippen molar-refractivity contribution in [1.29, 1.82) is 0 Å². The van der Waals surface area contributed by atoms with E-state index in [2.05, 4.69) is 26.2 Å². The van der Waals surface area contributed by atoms with E-state index in [-0.39, 0.29) is 11.9 Å². The SMILES string of the molecule is CN1CCC(Nc2c(N)cnc3ccc(Br)cc23)C1=O. The maximum atomic E-state index is 12.0. The number of likely N-dealkylation sites (N-methyl/N-ethyl adjacent to an activating group) is 1. The molecule has 2 aromatic rings. The van der Waals surface area contributed by atoms with Gasteiger partial charge in [-0.2, -0.15) is 0 Å². The van der Waals surface area contributed by atoms with Crippen molar-refractivity contribution >= 4 is 44.1 Å². The molecule has 1 amide bonds. The summed E-state index contributed by atoms with van der Waals surface area (Å²) in [5.74, 6) is 0.101. The highest BCUT2D eigenvalue weighted by atomic mass is 79.9. The highest BCUT2D eigenvalue weighted by molar-refractivity contribution is 9.10. The molecule has 1 atom stereocenters. The third kappa shape index (κ3) is 2.20. The van der Waals surface area contributed by atoms with Crippen molar-refractivity contribution in [2.75, 3.05) is 24.6 Å². The lowest BCUT2D eigenvalue weighted by molar-refractivity contribution is -0.127. The second-order valence-corrected chi connectivity index (χ2v) is 5.91. The average Bonchev–Trinajstić information content (AvgIpc) is 2.74. The molecule has 104 valence electrons. The fourth-order valence-electron chi connectivity index (χ4n) is 2.47. The molecule has 0 saturated carbocycles. The van der Waals surface area contributed by atoms with E-state index in [4.69, 9.17) is 5.73 Å². The van der Waals surface area contributed by atoms with Gasteiger partial charge in [0.15, 0.2) is 0 Å². The predicted molar refractivity (Wildman–Crippen MR) is 83.5 cm³/mol. The molecule has 1 aliphatic rings. The lowest BCUT2D eigenvalue weighted by Gasteiger charge is -2.17. The molecule has 1 aliphatic heterocycles. The fraction of sp³-hybridized carbons (Fsp3) is 0.286. The van der Waals surface area contributed by atoms with Gasteiger partial charge in [0.2, 0.25) is 5.91 Å². The number of carbonyl (C=O) groups is 1. The number of hydrogen-bond donors (Lipinski definition) is 2. The highest BCUT2D eigenvalue weighted by Crippen LogP contribution is 2.31. The maximum absolute atomic E-state index is 12.0. The zero-order valence-corrected chi connectivity index (χ0v) is 12.6. The van der Waals surface area contributed by atoms with E-state index < -0.39 is 0 Å². The van der Waals surface area contributed by atoms with E-state index >= 15 is 0 Å². The van der Waals surface area contributed by atoms with Gasteiger partial charge < -0.3 is 16.0 Å². The summed E-state index contributed by atoms with van der Waals surface area (Å²) in [6, 6.07) is 5.60. The summed E-state index contributed by atoms with van der Waals surface area (Å²) in [4.78, 5) is 18.1. The molecule has 1 fully saturated rings. The summed E-state index contributed by atoms with van der Waals surface area (Å²) in [5.41, 5.74) is 8.22. The summed E-state index contributed by atoms with van der Waals surface area (Å²) in [7, 11) is 1.81. The molecule has 1 aromatic heterocycles. The molecule has 3 rings (SSSR count). The van der Waals surface area contributed by atoms with Gasteiger partial charge in [0.1, 0.15) is 6.04 Å². The van der Waals surface area contributed by atoms with E-state index in [1.165, 1.54) is 0 Å². The number of benzene rings is 1. The highest BCUT2D eigenvalue weighted by Gasteiger charge is 2.29. The number of nitrogens with zero attached hydrogens (tertiary/aromatic N) is 2. The van der Waals surface area contributed by atoms with Crippen LogP contribution in [-0.4, -0.2) is 35.4 Å². The average molecular weight is 335 g/mol. The molecule has 1 aromatic carbocycles. The van der Waals surface area contributed by atoms with Crippen molar-refractivity contribution in [2.45, 2.75) is 12.5 Å².